The van der Waals surface area contributed by atoms with Crippen LogP contribution in [0.3, 0.4) is 0 Å². The first-order chi connectivity index (χ1) is 12.9. The van der Waals surface area contributed by atoms with Crippen LogP contribution in [-0.2, 0) is 15.1 Å². The summed E-state index contributed by atoms with van der Waals surface area (Å²) in [7, 11) is 0. The fourth-order valence-electron chi connectivity index (χ4n) is 3.83. The molecule has 0 saturated carbocycles. The fraction of sp³-hybridized carbons (Fsp3) is 0.667. The van der Waals surface area contributed by atoms with E-state index in [2.05, 4.69) is 6.07 Å². The zero-order valence-corrected chi connectivity index (χ0v) is 18.2. The predicted molar refractivity (Wildman–Crippen MR) is 106 cm³/mol. The quantitative estimate of drug-likeness (QED) is 0.664. The summed E-state index contributed by atoms with van der Waals surface area (Å²) < 4.78 is 12.0. The largest absolute Gasteiger partial charge is 0.444 e. The molecule has 0 N–H and O–H groups in total. The first-order valence-corrected chi connectivity index (χ1v) is 10.0. The number of amides is 1. The van der Waals surface area contributed by atoms with Crippen LogP contribution in [0.2, 0.25) is 5.02 Å². The Kier molecular flexibility index (Phi) is 5.14. The van der Waals surface area contributed by atoms with E-state index in [1.54, 1.807) is 4.90 Å². The molecule has 7 heteroatoms. The van der Waals surface area contributed by atoms with Crippen LogP contribution >= 0.6 is 11.6 Å². The highest BCUT2D eigenvalue weighted by Gasteiger charge is 2.53. The average molecular weight is 406 g/mol. The van der Waals surface area contributed by atoms with Crippen LogP contribution in [0.1, 0.15) is 70.5 Å². The minimum absolute atomic E-state index is 0.310. The van der Waals surface area contributed by atoms with Gasteiger partial charge in [-0.3, -0.25) is 4.98 Å². The van der Waals surface area contributed by atoms with Crippen LogP contribution in [-0.4, -0.2) is 34.7 Å². The molecule has 1 spiro atoms. The van der Waals surface area contributed by atoms with E-state index < -0.39 is 22.7 Å². The second kappa shape index (κ2) is 6.89. The third kappa shape index (κ3) is 3.70. The molecule has 1 atom stereocenters. The Bertz CT molecular complexity index is 831. The molecule has 3 rings (SSSR count). The van der Waals surface area contributed by atoms with Crippen LogP contribution in [0.4, 0.5) is 4.79 Å². The molecule has 1 aromatic rings. The summed E-state index contributed by atoms with van der Waals surface area (Å²) >= 11 is 6.33. The third-order valence-corrected chi connectivity index (χ3v) is 5.79. The van der Waals surface area contributed by atoms with Gasteiger partial charge < -0.3 is 14.4 Å². The standard InChI is InChI=1S/C21H28ClN3O3/c1-13-15(22)11-14-16(24-13)21(27-17(14)20(5,6)12-23)7-9-25(10-8-21)18(26)28-19(2,3)4/h11,17H,7-10H2,1-6H3. The molecule has 0 aliphatic carbocycles. The molecule has 1 amide bonds. The van der Waals surface area contributed by atoms with Gasteiger partial charge in [-0.1, -0.05) is 11.6 Å². The molecule has 1 saturated heterocycles. The van der Waals surface area contributed by atoms with Crippen LogP contribution in [0.25, 0.3) is 0 Å². The van der Waals surface area contributed by atoms with Gasteiger partial charge in [0.05, 0.1) is 27.9 Å². The second-order valence-corrected chi connectivity index (χ2v) is 9.69. The molecule has 0 aromatic carbocycles. The lowest BCUT2D eigenvalue weighted by molar-refractivity contribution is -0.134. The zero-order valence-electron chi connectivity index (χ0n) is 17.4. The van der Waals surface area contributed by atoms with E-state index in [9.17, 15) is 10.1 Å². The van der Waals surface area contributed by atoms with Crippen molar-refractivity contribution in [1.29, 1.82) is 5.26 Å². The second-order valence-electron chi connectivity index (χ2n) is 9.29. The van der Waals surface area contributed by atoms with Gasteiger partial charge in [-0.15, -0.1) is 0 Å². The number of hydrogen-bond acceptors (Lipinski definition) is 5. The number of fused-ring (bicyclic) bond motifs is 2. The summed E-state index contributed by atoms with van der Waals surface area (Å²) in [5, 5.41) is 10.2. The zero-order chi connectivity index (χ0) is 20.9. The normalized spacial score (nSPS) is 21.4. The summed E-state index contributed by atoms with van der Waals surface area (Å²) in [5.41, 5.74) is 0.621. The van der Waals surface area contributed by atoms with Crippen molar-refractivity contribution in [2.24, 2.45) is 5.41 Å². The van der Waals surface area contributed by atoms with Crippen molar-refractivity contribution in [3.8, 4) is 6.07 Å². The van der Waals surface area contributed by atoms with Crippen LogP contribution < -0.4 is 0 Å². The summed E-state index contributed by atoms with van der Waals surface area (Å²) in [4.78, 5) is 18.9. The van der Waals surface area contributed by atoms with Crippen molar-refractivity contribution in [3.63, 3.8) is 0 Å². The van der Waals surface area contributed by atoms with E-state index >= 15 is 0 Å². The minimum Gasteiger partial charge on any atom is -0.444 e. The van der Waals surface area contributed by atoms with E-state index in [4.69, 9.17) is 26.1 Å². The molecule has 2 aliphatic rings. The molecule has 152 valence electrons. The van der Waals surface area contributed by atoms with Gasteiger partial charge in [0.2, 0.25) is 0 Å². The van der Waals surface area contributed by atoms with Gasteiger partial charge in [-0.05, 0) is 60.5 Å². The maximum atomic E-state index is 12.4. The number of nitriles is 1. The lowest BCUT2D eigenvalue weighted by Gasteiger charge is -2.40. The topological polar surface area (TPSA) is 75.5 Å². The molecule has 1 aromatic heterocycles. The van der Waals surface area contributed by atoms with Gasteiger partial charge in [-0.2, -0.15) is 5.26 Å². The monoisotopic (exact) mass is 405 g/mol. The summed E-state index contributed by atoms with van der Waals surface area (Å²) in [6, 6.07) is 4.24. The molecule has 6 nitrogen and oxygen atoms in total. The Hall–Kier alpha value is -1.84. The Morgan fingerprint density at radius 1 is 1.36 bits per heavy atom. The number of halogens is 1. The number of aromatic nitrogens is 1. The first kappa shape index (κ1) is 20.9. The lowest BCUT2D eigenvalue weighted by atomic mass is 9.82. The van der Waals surface area contributed by atoms with Gasteiger partial charge >= 0.3 is 6.09 Å². The van der Waals surface area contributed by atoms with E-state index in [0.29, 0.717) is 31.0 Å². The lowest BCUT2D eigenvalue weighted by Crippen LogP contribution is -2.47. The number of aryl methyl sites for hydroxylation is 1. The molecular weight excluding hydrogens is 378 g/mol. The van der Waals surface area contributed by atoms with Gasteiger partial charge in [0.15, 0.2) is 0 Å². The van der Waals surface area contributed by atoms with E-state index in [1.165, 1.54) is 0 Å². The van der Waals surface area contributed by atoms with Crippen molar-refractivity contribution < 1.29 is 14.3 Å². The molecule has 0 bridgehead atoms. The van der Waals surface area contributed by atoms with Crippen molar-refractivity contribution in [2.75, 3.05) is 13.1 Å². The van der Waals surface area contributed by atoms with Crippen molar-refractivity contribution in [1.82, 2.24) is 9.88 Å². The van der Waals surface area contributed by atoms with Crippen molar-refractivity contribution in [3.05, 3.63) is 28.0 Å². The highest BCUT2D eigenvalue weighted by Crippen LogP contribution is 2.54. The number of carbonyl (C=O) groups is 1. The Labute approximate surface area is 171 Å². The SMILES string of the molecule is Cc1nc2c(cc1Cl)C(C(C)(C)C#N)OC21CCN(C(=O)OC(C)(C)C)CC1. The van der Waals surface area contributed by atoms with Crippen LogP contribution in [0.5, 0.6) is 0 Å². The number of nitrogens with zero attached hydrogens (tertiary/aromatic N) is 3. The highest BCUT2D eigenvalue weighted by atomic mass is 35.5. The number of piperidine rings is 1. The maximum Gasteiger partial charge on any atom is 0.410 e. The Balaban J connectivity index is 1.89. The van der Waals surface area contributed by atoms with Crippen molar-refractivity contribution >= 4 is 17.7 Å². The van der Waals surface area contributed by atoms with Gasteiger partial charge in [0.1, 0.15) is 17.3 Å². The molecule has 1 unspecified atom stereocenters. The number of pyridine rings is 1. The van der Waals surface area contributed by atoms with E-state index in [1.807, 2.05) is 47.6 Å². The van der Waals surface area contributed by atoms with Crippen molar-refractivity contribution in [2.45, 2.75) is 71.7 Å². The molecule has 2 aliphatic heterocycles. The fourth-order valence-corrected chi connectivity index (χ4v) is 3.99. The van der Waals surface area contributed by atoms with Crippen LogP contribution in [0.15, 0.2) is 6.07 Å². The first-order valence-electron chi connectivity index (χ1n) is 9.63. The maximum absolute atomic E-state index is 12.4. The highest BCUT2D eigenvalue weighted by molar-refractivity contribution is 6.31. The number of carbonyl (C=O) groups excluding carboxylic acids is 1. The minimum atomic E-state index is -0.721. The Morgan fingerprint density at radius 2 is 1.96 bits per heavy atom. The molecule has 3 heterocycles. The Morgan fingerprint density at radius 3 is 2.50 bits per heavy atom. The van der Waals surface area contributed by atoms with Gasteiger partial charge in [-0.25, -0.2) is 4.79 Å². The molecule has 0 radical (unpaired) electrons. The number of ether oxygens (including phenoxy) is 2. The number of rotatable bonds is 1. The molecule has 28 heavy (non-hydrogen) atoms. The number of hydrogen-bond donors (Lipinski definition) is 0. The van der Waals surface area contributed by atoms with E-state index in [-0.39, 0.29) is 6.09 Å². The average Bonchev–Trinajstić information content (AvgIpc) is 2.89. The summed E-state index contributed by atoms with van der Waals surface area (Å²) in [6.45, 7) is 12.2. The third-order valence-electron chi connectivity index (χ3n) is 5.40. The molecular formula is C21H28ClN3O3. The summed E-state index contributed by atoms with van der Waals surface area (Å²) in [6.07, 6.45) is 0.484. The smallest absolute Gasteiger partial charge is 0.410 e. The molecule has 1 fully saturated rings. The van der Waals surface area contributed by atoms with Gasteiger partial charge in [0, 0.05) is 18.7 Å². The summed E-state index contributed by atoms with van der Waals surface area (Å²) in [5.74, 6) is 0. The van der Waals surface area contributed by atoms with Crippen LogP contribution in [0, 0.1) is 23.7 Å². The van der Waals surface area contributed by atoms with E-state index in [0.717, 1.165) is 17.0 Å². The predicted octanol–water partition coefficient (Wildman–Crippen LogP) is 4.89. The van der Waals surface area contributed by atoms with Gasteiger partial charge in [0.25, 0.3) is 0 Å². The number of likely N-dealkylation sites (tertiary alicyclic amines) is 1.